The third-order valence-electron chi connectivity index (χ3n) is 4.51. The van der Waals surface area contributed by atoms with Gasteiger partial charge in [-0.15, -0.1) is 0 Å². The van der Waals surface area contributed by atoms with Crippen LogP contribution in [0.15, 0.2) is 48.5 Å². The van der Waals surface area contributed by atoms with Gasteiger partial charge in [0.05, 0.1) is 17.2 Å². The van der Waals surface area contributed by atoms with Gasteiger partial charge in [0.25, 0.3) is 0 Å². The number of nitrogens with zero attached hydrogens (tertiary/aromatic N) is 2. The Hall–Kier alpha value is -3.19. The van der Waals surface area contributed by atoms with E-state index in [-0.39, 0.29) is 11.7 Å². The molecule has 1 atom stereocenters. The molecule has 138 valence electrons. The minimum Gasteiger partial charge on any atom is -0.478 e. The zero-order valence-electron chi connectivity index (χ0n) is 14.7. The van der Waals surface area contributed by atoms with Crippen molar-refractivity contribution in [2.75, 3.05) is 23.8 Å². The van der Waals surface area contributed by atoms with Gasteiger partial charge in [0.2, 0.25) is 5.95 Å². The van der Waals surface area contributed by atoms with Crippen LogP contribution < -0.4 is 10.6 Å². The summed E-state index contributed by atoms with van der Waals surface area (Å²) in [6.07, 6.45) is 2.35. The van der Waals surface area contributed by atoms with E-state index >= 15 is 0 Å². The lowest BCUT2D eigenvalue weighted by Crippen LogP contribution is -2.19. The smallest absolute Gasteiger partial charge is 0.335 e. The Bertz CT molecular complexity index is 953. The summed E-state index contributed by atoms with van der Waals surface area (Å²) in [5.74, 6) is 0.247. The lowest BCUT2D eigenvalue weighted by Gasteiger charge is -2.14. The molecule has 1 aromatic heterocycles. The maximum atomic E-state index is 11.0. The van der Waals surface area contributed by atoms with Crippen molar-refractivity contribution >= 4 is 34.3 Å². The Morgan fingerprint density at radius 3 is 2.70 bits per heavy atom. The Balaban J connectivity index is 1.59. The second-order valence-corrected chi connectivity index (χ2v) is 6.44. The van der Waals surface area contributed by atoms with Crippen molar-refractivity contribution in [2.45, 2.75) is 18.9 Å². The van der Waals surface area contributed by atoms with Crippen LogP contribution >= 0.6 is 0 Å². The van der Waals surface area contributed by atoms with Gasteiger partial charge in [0.1, 0.15) is 5.82 Å². The fraction of sp³-hybridized carbons (Fsp3) is 0.250. The van der Waals surface area contributed by atoms with Gasteiger partial charge in [-0.25, -0.2) is 9.78 Å². The molecule has 2 heterocycles. The molecule has 0 spiro atoms. The Morgan fingerprint density at radius 2 is 1.96 bits per heavy atom. The molecule has 1 saturated heterocycles. The van der Waals surface area contributed by atoms with Crippen molar-refractivity contribution in [3.63, 3.8) is 0 Å². The summed E-state index contributed by atoms with van der Waals surface area (Å²) in [5.41, 5.74) is 1.78. The number of rotatable bonds is 6. The molecule has 0 aliphatic carbocycles. The van der Waals surface area contributed by atoms with E-state index in [2.05, 4.69) is 20.6 Å². The number of ether oxygens (including phenoxy) is 1. The normalized spacial score (nSPS) is 16.4. The Morgan fingerprint density at radius 1 is 1.15 bits per heavy atom. The van der Waals surface area contributed by atoms with Gasteiger partial charge in [-0.05, 0) is 49.2 Å². The molecule has 1 fully saturated rings. The van der Waals surface area contributed by atoms with Crippen LogP contribution in [0.5, 0.6) is 0 Å². The molecule has 7 nitrogen and oxygen atoms in total. The largest absolute Gasteiger partial charge is 0.478 e. The number of carboxylic acid groups (broad SMARTS) is 1. The van der Waals surface area contributed by atoms with Crippen LogP contribution in [-0.4, -0.2) is 40.3 Å². The monoisotopic (exact) mass is 364 g/mol. The SMILES string of the molecule is O=C(O)c1ccc(Nc2nc(NCC3CCCO3)c3ccccc3n2)cc1. The van der Waals surface area contributed by atoms with Crippen molar-refractivity contribution in [1.82, 2.24) is 9.97 Å². The van der Waals surface area contributed by atoms with E-state index < -0.39 is 5.97 Å². The molecule has 2 aromatic carbocycles. The van der Waals surface area contributed by atoms with Crippen LogP contribution in [0.3, 0.4) is 0 Å². The maximum Gasteiger partial charge on any atom is 0.335 e. The number of aromatic nitrogens is 2. The summed E-state index contributed by atoms with van der Waals surface area (Å²) in [5, 5.41) is 16.5. The van der Waals surface area contributed by atoms with Crippen LogP contribution in [0.25, 0.3) is 10.9 Å². The van der Waals surface area contributed by atoms with Crippen molar-refractivity contribution in [3.8, 4) is 0 Å². The highest BCUT2D eigenvalue weighted by molar-refractivity contribution is 5.90. The molecule has 1 aliphatic rings. The number of para-hydroxylation sites is 1. The van der Waals surface area contributed by atoms with E-state index in [9.17, 15) is 4.79 Å². The number of nitrogens with one attached hydrogen (secondary N) is 2. The fourth-order valence-corrected chi connectivity index (χ4v) is 3.11. The van der Waals surface area contributed by atoms with Gasteiger partial charge in [-0.1, -0.05) is 12.1 Å². The topological polar surface area (TPSA) is 96.4 Å². The number of hydrogen-bond donors (Lipinski definition) is 3. The minimum atomic E-state index is -0.955. The van der Waals surface area contributed by atoms with E-state index in [1.807, 2.05) is 24.3 Å². The lowest BCUT2D eigenvalue weighted by molar-refractivity contribution is 0.0697. The molecular formula is C20H20N4O3. The highest BCUT2D eigenvalue weighted by Crippen LogP contribution is 2.24. The van der Waals surface area contributed by atoms with Crippen molar-refractivity contribution in [1.29, 1.82) is 0 Å². The number of benzene rings is 2. The predicted molar refractivity (Wildman–Crippen MR) is 104 cm³/mol. The highest BCUT2D eigenvalue weighted by Gasteiger charge is 2.16. The Labute approximate surface area is 156 Å². The number of carbonyl (C=O) groups is 1. The van der Waals surface area contributed by atoms with Gasteiger partial charge in [-0.3, -0.25) is 0 Å². The van der Waals surface area contributed by atoms with Gasteiger partial charge in [-0.2, -0.15) is 4.98 Å². The zero-order valence-corrected chi connectivity index (χ0v) is 14.7. The number of carboxylic acids is 1. The average molecular weight is 364 g/mol. The standard InChI is InChI=1S/C20H20N4O3/c25-19(26)13-7-9-14(10-8-13)22-20-23-17-6-2-1-5-16(17)18(24-20)21-12-15-4-3-11-27-15/h1-2,5-10,15H,3-4,11-12H2,(H,25,26)(H2,21,22,23,24). The summed E-state index contributed by atoms with van der Waals surface area (Å²) in [7, 11) is 0. The number of aromatic carboxylic acids is 1. The highest BCUT2D eigenvalue weighted by atomic mass is 16.5. The van der Waals surface area contributed by atoms with Gasteiger partial charge < -0.3 is 20.5 Å². The minimum absolute atomic E-state index is 0.207. The molecule has 1 aliphatic heterocycles. The first-order chi connectivity index (χ1) is 13.2. The molecule has 0 radical (unpaired) electrons. The molecule has 3 N–H and O–H groups in total. The molecule has 7 heteroatoms. The molecule has 27 heavy (non-hydrogen) atoms. The van der Waals surface area contributed by atoms with Crippen LogP contribution in [0, 0.1) is 0 Å². The fourth-order valence-electron chi connectivity index (χ4n) is 3.11. The number of fused-ring (bicyclic) bond motifs is 1. The van der Waals surface area contributed by atoms with E-state index in [0.717, 1.165) is 41.9 Å². The van der Waals surface area contributed by atoms with E-state index in [4.69, 9.17) is 9.84 Å². The van der Waals surface area contributed by atoms with Crippen LogP contribution in [0.4, 0.5) is 17.5 Å². The number of hydrogen-bond acceptors (Lipinski definition) is 6. The summed E-state index contributed by atoms with van der Waals surface area (Å²) < 4.78 is 5.67. The van der Waals surface area contributed by atoms with Crippen molar-refractivity contribution in [2.24, 2.45) is 0 Å². The first-order valence-corrected chi connectivity index (χ1v) is 8.92. The van der Waals surface area contributed by atoms with Crippen LogP contribution in [-0.2, 0) is 4.74 Å². The Kier molecular flexibility index (Phi) is 4.84. The summed E-state index contributed by atoms with van der Waals surface area (Å²) >= 11 is 0. The second kappa shape index (κ2) is 7.59. The molecule has 0 bridgehead atoms. The lowest BCUT2D eigenvalue weighted by atomic mass is 10.2. The van der Waals surface area contributed by atoms with Gasteiger partial charge in [0, 0.05) is 24.2 Å². The molecule has 3 aromatic rings. The van der Waals surface area contributed by atoms with Crippen molar-refractivity contribution < 1.29 is 14.6 Å². The van der Waals surface area contributed by atoms with E-state index in [1.165, 1.54) is 0 Å². The zero-order chi connectivity index (χ0) is 18.6. The van der Waals surface area contributed by atoms with E-state index in [0.29, 0.717) is 12.5 Å². The second-order valence-electron chi connectivity index (χ2n) is 6.44. The third kappa shape index (κ3) is 3.98. The molecule has 0 saturated carbocycles. The first kappa shape index (κ1) is 17.2. The molecular weight excluding hydrogens is 344 g/mol. The third-order valence-corrected chi connectivity index (χ3v) is 4.51. The molecule has 0 amide bonds. The van der Waals surface area contributed by atoms with Crippen LogP contribution in [0.1, 0.15) is 23.2 Å². The first-order valence-electron chi connectivity index (χ1n) is 8.92. The predicted octanol–water partition coefficient (Wildman–Crippen LogP) is 3.66. The quantitative estimate of drug-likeness (QED) is 0.614. The molecule has 4 rings (SSSR count). The molecule has 1 unspecified atom stereocenters. The van der Waals surface area contributed by atoms with Gasteiger partial charge in [0.15, 0.2) is 0 Å². The van der Waals surface area contributed by atoms with Crippen molar-refractivity contribution in [3.05, 3.63) is 54.1 Å². The summed E-state index contributed by atoms with van der Waals surface area (Å²) in [6, 6.07) is 14.3. The number of anilines is 3. The summed E-state index contributed by atoms with van der Waals surface area (Å²) in [4.78, 5) is 20.1. The maximum absolute atomic E-state index is 11.0. The average Bonchev–Trinajstić information content (AvgIpc) is 3.20. The van der Waals surface area contributed by atoms with Crippen LogP contribution in [0.2, 0.25) is 0 Å². The summed E-state index contributed by atoms with van der Waals surface area (Å²) in [6.45, 7) is 1.52. The van der Waals surface area contributed by atoms with Gasteiger partial charge >= 0.3 is 5.97 Å². The van der Waals surface area contributed by atoms with E-state index in [1.54, 1.807) is 24.3 Å².